The average Bonchev–Trinajstić information content (AvgIpc) is 2.69. The van der Waals surface area contributed by atoms with Crippen molar-refractivity contribution < 1.29 is 14.4 Å². The molecule has 8 nitrogen and oxygen atoms in total. The standard InChI is InChI=1S/C19H17Br2N5O3/c1-12(27)24-17(18(28)25-22-10-13-2-6-15(20)7-3-13)19(29)26-23-11-14-4-8-16(21)9-5-14/h2-11,17H,1H3,(H,24,27)(H,25,28)(H,26,29)/b22-10+,23-11+. The number of carbonyl (C=O) groups is 3. The largest absolute Gasteiger partial charge is 0.337 e. The fourth-order valence-electron chi connectivity index (χ4n) is 2.02. The summed E-state index contributed by atoms with van der Waals surface area (Å²) >= 11 is 6.64. The summed E-state index contributed by atoms with van der Waals surface area (Å²) in [7, 11) is 0. The molecule has 0 bridgehead atoms. The van der Waals surface area contributed by atoms with E-state index in [1.165, 1.54) is 19.4 Å². The fraction of sp³-hybridized carbons (Fsp3) is 0.105. The fourth-order valence-corrected chi connectivity index (χ4v) is 2.55. The molecule has 0 aliphatic carbocycles. The van der Waals surface area contributed by atoms with Gasteiger partial charge in [-0.3, -0.25) is 14.4 Å². The number of halogens is 2. The number of benzene rings is 2. The minimum Gasteiger partial charge on any atom is -0.337 e. The van der Waals surface area contributed by atoms with Crippen LogP contribution in [0.4, 0.5) is 0 Å². The van der Waals surface area contributed by atoms with Gasteiger partial charge in [0.1, 0.15) is 0 Å². The van der Waals surface area contributed by atoms with Crippen LogP contribution in [0.2, 0.25) is 0 Å². The van der Waals surface area contributed by atoms with Crippen molar-refractivity contribution >= 4 is 62.0 Å². The van der Waals surface area contributed by atoms with Crippen LogP contribution in [-0.4, -0.2) is 36.2 Å². The molecule has 29 heavy (non-hydrogen) atoms. The Morgan fingerprint density at radius 3 is 1.52 bits per heavy atom. The number of hydrogen-bond acceptors (Lipinski definition) is 5. The van der Waals surface area contributed by atoms with E-state index < -0.39 is 23.8 Å². The topological polar surface area (TPSA) is 112 Å². The van der Waals surface area contributed by atoms with Gasteiger partial charge in [0.05, 0.1) is 12.4 Å². The van der Waals surface area contributed by atoms with Crippen molar-refractivity contribution in [2.24, 2.45) is 10.2 Å². The molecule has 2 aromatic rings. The Morgan fingerprint density at radius 1 is 0.793 bits per heavy atom. The lowest BCUT2D eigenvalue weighted by Crippen LogP contribution is -2.53. The van der Waals surface area contributed by atoms with E-state index in [9.17, 15) is 14.4 Å². The molecule has 0 radical (unpaired) electrons. The quantitative estimate of drug-likeness (QED) is 0.294. The van der Waals surface area contributed by atoms with Gasteiger partial charge in [0.15, 0.2) is 6.04 Å². The molecule has 2 rings (SSSR count). The van der Waals surface area contributed by atoms with Gasteiger partial charge < -0.3 is 5.32 Å². The summed E-state index contributed by atoms with van der Waals surface area (Å²) in [6, 6.07) is 12.9. The third kappa shape index (κ3) is 7.96. The van der Waals surface area contributed by atoms with Crippen molar-refractivity contribution in [3.8, 4) is 0 Å². The molecule has 0 heterocycles. The molecule has 150 valence electrons. The number of nitrogens with one attached hydrogen (secondary N) is 3. The lowest BCUT2D eigenvalue weighted by atomic mass is 10.2. The first-order valence-corrected chi connectivity index (χ1v) is 9.88. The molecule has 3 amide bonds. The van der Waals surface area contributed by atoms with E-state index in [2.05, 4.69) is 58.2 Å². The number of nitrogens with zero attached hydrogens (tertiary/aromatic N) is 2. The van der Waals surface area contributed by atoms with Crippen LogP contribution in [0.15, 0.2) is 67.7 Å². The van der Waals surface area contributed by atoms with Gasteiger partial charge in [0.25, 0.3) is 11.8 Å². The van der Waals surface area contributed by atoms with Gasteiger partial charge in [-0.2, -0.15) is 10.2 Å². The Bertz CT molecular complexity index is 858. The van der Waals surface area contributed by atoms with Crippen LogP contribution >= 0.6 is 31.9 Å². The molecular formula is C19H17Br2N5O3. The zero-order valence-electron chi connectivity index (χ0n) is 15.2. The normalized spacial score (nSPS) is 11.0. The smallest absolute Gasteiger partial charge is 0.272 e. The average molecular weight is 523 g/mol. The minimum atomic E-state index is -1.49. The highest BCUT2D eigenvalue weighted by molar-refractivity contribution is 9.10. The van der Waals surface area contributed by atoms with Gasteiger partial charge in [0.2, 0.25) is 5.91 Å². The second-order valence-corrected chi connectivity index (χ2v) is 7.54. The van der Waals surface area contributed by atoms with Crippen molar-refractivity contribution in [3.05, 3.63) is 68.6 Å². The van der Waals surface area contributed by atoms with Crippen LogP contribution in [0, 0.1) is 0 Å². The van der Waals surface area contributed by atoms with Gasteiger partial charge in [-0.05, 0) is 35.4 Å². The highest BCUT2D eigenvalue weighted by Crippen LogP contribution is 2.09. The first kappa shape index (κ1) is 22.4. The second kappa shape index (κ2) is 11.2. The first-order valence-electron chi connectivity index (χ1n) is 8.29. The van der Waals surface area contributed by atoms with E-state index in [1.54, 1.807) is 24.3 Å². The van der Waals surface area contributed by atoms with Gasteiger partial charge >= 0.3 is 0 Å². The van der Waals surface area contributed by atoms with Crippen LogP contribution in [0.5, 0.6) is 0 Å². The van der Waals surface area contributed by atoms with Gasteiger partial charge in [-0.15, -0.1) is 0 Å². The van der Waals surface area contributed by atoms with Crippen LogP contribution < -0.4 is 16.2 Å². The zero-order chi connectivity index (χ0) is 21.2. The summed E-state index contributed by atoms with van der Waals surface area (Å²) in [5, 5.41) is 9.88. The minimum absolute atomic E-state index is 0.547. The second-order valence-electron chi connectivity index (χ2n) is 5.71. The number of rotatable bonds is 7. The highest BCUT2D eigenvalue weighted by Gasteiger charge is 2.27. The summed E-state index contributed by atoms with van der Waals surface area (Å²) in [5.41, 5.74) is 5.95. The van der Waals surface area contributed by atoms with Gasteiger partial charge in [-0.1, -0.05) is 56.1 Å². The van der Waals surface area contributed by atoms with Crippen molar-refractivity contribution in [1.29, 1.82) is 0 Å². The molecule has 0 spiro atoms. The maximum Gasteiger partial charge on any atom is 0.272 e. The molecule has 0 saturated carbocycles. The Labute approximate surface area is 184 Å². The third-order valence-corrected chi connectivity index (χ3v) is 4.45. The highest BCUT2D eigenvalue weighted by atomic mass is 79.9. The Balaban J connectivity index is 1.97. The molecule has 0 fully saturated rings. The van der Waals surface area contributed by atoms with Crippen molar-refractivity contribution in [1.82, 2.24) is 16.2 Å². The Hall–Kier alpha value is -2.85. The number of hydrogen-bond donors (Lipinski definition) is 3. The molecule has 0 aromatic heterocycles. The maximum absolute atomic E-state index is 12.3. The number of hydrazone groups is 2. The molecule has 0 atom stereocenters. The summed E-state index contributed by atoms with van der Waals surface area (Å²) in [6.45, 7) is 1.20. The van der Waals surface area contributed by atoms with E-state index in [0.717, 1.165) is 20.1 Å². The summed E-state index contributed by atoms with van der Waals surface area (Å²) in [5.74, 6) is -2.15. The predicted octanol–water partition coefficient (Wildman–Crippen LogP) is 2.32. The molecule has 2 aromatic carbocycles. The Morgan fingerprint density at radius 2 is 1.17 bits per heavy atom. The van der Waals surface area contributed by atoms with E-state index >= 15 is 0 Å². The van der Waals surface area contributed by atoms with E-state index in [-0.39, 0.29) is 0 Å². The van der Waals surface area contributed by atoms with Crippen molar-refractivity contribution in [2.75, 3.05) is 0 Å². The van der Waals surface area contributed by atoms with Crippen LogP contribution in [0.25, 0.3) is 0 Å². The first-order chi connectivity index (χ1) is 13.8. The van der Waals surface area contributed by atoms with Crippen LogP contribution in [0.1, 0.15) is 18.1 Å². The molecular weight excluding hydrogens is 506 g/mol. The van der Waals surface area contributed by atoms with E-state index in [0.29, 0.717) is 0 Å². The monoisotopic (exact) mass is 521 g/mol. The molecule has 10 heteroatoms. The number of amides is 3. The van der Waals surface area contributed by atoms with Crippen molar-refractivity contribution in [2.45, 2.75) is 13.0 Å². The third-order valence-electron chi connectivity index (χ3n) is 3.39. The van der Waals surface area contributed by atoms with Gasteiger partial charge in [-0.25, -0.2) is 10.9 Å². The van der Waals surface area contributed by atoms with Crippen LogP contribution in [-0.2, 0) is 14.4 Å². The van der Waals surface area contributed by atoms with Crippen molar-refractivity contribution in [3.63, 3.8) is 0 Å². The number of carbonyl (C=O) groups excluding carboxylic acids is 3. The van der Waals surface area contributed by atoms with Gasteiger partial charge in [0, 0.05) is 15.9 Å². The lowest BCUT2D eigenvalue weighted by molar-refractivity contribution is -0.136. The summed E-state index contributed by atoms with van der Waals surface area (Å²) < 4.78 is 1.81. The predicted molar refractivity (Wildman–Crippen MR) is 117 cm³/mol. The van der Waals surface area contributed by atoms with E-state index in [1.807, 2.05) is 24.3 Å². The zero-order valence-corrected chi connectivity index (χ0v) is 18.4. The SMILES string of the molecule is CC(=O)NC(C(=O)N/N=C/c1ccc(Br)cc1)C(=O)N/N=C/c1ccc(Br)cc1. The molecule has 0 saturated heterocycles. The molecule has 0 aliphatic rings. The maximum atomic E-state index is 12.3. The molecule has 0 unspecified atom stereocenters. The summed E-state index contributed by atoms with van der Waals surface area (Å²) in [4.78, 5) is 35.9. The molecule has 3 N–H and O–H groups in total. The summed E-state index contributed by atoms with van der Waals surface area (Å²) in [6.07, 6.45) is 2.83. The Kier molecular flexibility index (Phi) is 8.68. The van der Waals surface area contributed by atoms with Crippen LogP contribution in [0.3, 0.4) is 0 Å². The van der Waals surface area contributed by atoms with E-state index in [4.69, 9.17) is 0 Å². The molecule has 0 aliphatic heterocycles. The lowest BCUT2D eigenvalue weighted by Gasteiger charge is -2.13.